The van der Waals surface area contributed by atoms with Crippen molar-refractivity contribution < 1.29 is 5.11 Å². The van der Waals surface area contributed by atoms with E-state index in [1.54, 1.807) is 0 Å². The third kappa shape index (κ3) is 2.86. The van der Waals surface area contributed by atoms with Gasteiger partial charge in [-0.1, -0.05) is 38.0 Å². The van der Waals surface area contributed by atoms with Gasteiger partial charge in [-0.25, -0.2) is 0 Å². The lowest BCUT2D eigenvalue weighted by Gasteiger charge is -2.36. The van der Waals surface area contributed by atoms with Crippen LogP contribution in [0.3, 0.4) is 0 Å². The minimum absolute atomic E-state index is 0.398. The van der Waals surface area contributed by atoms with Crippen molar-refractivity contribution in [2.75, 3.05) is 11.9 Å². The maximum atomic E-state index is 9.88. The van der Waals surface area contributed by atoms with E-state index in [0.29, 0.717) is 6.04 Å². The maximum absolute atomic E-state index is 9.88. The summed E-state index contributed by atoms with van der Waals surface area (Å²) in [6, 6.07) is 8.84. The van der Waals surface area contributed by atoms with Gasteiger partial charge in [0.2, 0.25) is 0 Å². The minimum Gasteiger partial charge on any atom is -0.389 e. The lowest BCUT2D eigenvalue weighted by molar-refractivity contribution is 0.199. The number of anilines is 1. The second kappa shape index (κ2) is 5.75. The van der Waals surface area contributed by atoms with Crippen LogP contribution in [0.5, 0.6) is 0 Å². The predicted octanol–water partition coefficient (Wildman–Crippen LogP) is 3.75. The fraction of sp³-hybridized carbons (Fsp3) is 0.625. The van der Waals surface area contributed by atoms with E-state index in [-0.39, 0.29) is 0 Å². The molecule has 0 saturated heterocycles. The summed E-state index contributed by atoms with van der Waals surface area (Å²) in [6.07, 6.45) is 4.83. The second-order valence-electron chi connectivity index (χ2n) is 5.77. The lowest BCUT2D eigenvalue weighted by atomic mass is 9.86. The van der Waals surface area contributed by atoms with Gasteiger partial charge < -0.3 is 10.0 Å². The van der Waals surface area contributed by atoms with Crippen LogP contribution in [0, 0.1) is 5.92 Å². The summed E-state index contributed by atoms with van der Waals surface area (Å²) in [6.45, 7) is 4.19. The molecule has 18 heavy (non-hydrogen) atoms. The van der Waals surface area contributed by atoms with Crippen molar-refractivity contribution in [2.24, 2.45) is 5.92 Å². The molecule has 100 valence electrons. The van der Waals surface area contributed by atoms with Gasteiger partial charge in [0.15, 0.2) is 0 Å². The summed E-state index contributed by atoms with van der Waals surface area (Å²) in [7, 11) is 2.17. The molecule has 3 atom stereocenters. The fourth-order valence-electron chi connectivity index (χ4n) is 3.11. The lowest BCUT2D eigenvalue weighted by Crippen LogP contribution is -2.36. The van der Waals surface area contributed by atoms with E-state index in [1.165, 1.54) is 31.4 Å². The molecule has 1 fully saturated rings. The Morgan fingerprint density at radius 1 is 1.28 bits per heavy atom. The maximum Gasteiger partial charge on any atom is 0.0781 e. The average Bonchev–Trinajstić information content (AvgIpc) is 2.38. The third-order valence-corrected chi connectivity index (χ3v) is 4.22. The highest BCUT2D eigenvalue weighted by Crippen LogP contribution is 2.32. The highest BCUT2D eigenvalue weighted by atomic mass is 16.3. The number of hydrogen-bond donors (Lipinski definition) is 1. The molecule has 0 aromatic heterocycles. The molecule has 0 amide bonds. The van der Waals surface area contributed by atoms with Crippen LogP contribution < -0.4 is 4.90 Å². The summed E-state index contributed by atoms with van der Waals surface area (Å²) in [5.74, 6) is 0.824. The van der Waals surface area contributed by atoms with E-state index < -0.39 is 6.10 Å². The fourth-order valence-corrected chi connectivity index (χ4v) is 3.11. The van der Waals surface area contributed by atoms with Crippen LogP contribution in [-0.2, 0) is 0 Å². The largest absolute Gasteiger partial charge is 0.389 e. The van der Waals surface area contributed by atoms with Crippen molar-refractivity contribution in [1.82, 2.24) is 0 Å². The zero-order valence-electron chi connectivity index (χ0n) is 11.8. The van der Waals surface area contributed by atoms with Crippen molar-refractivity contribution in [2.45, 2.75) is 51.7 Å². The molecule has 2 rings (SSSR count). The standard InChI is InChI=1S/C16H25NO/c1-12-7-6-8-14(11-12)17(3)16-10-5-4-9-15(16)13(2)18/h4-5,9-10,12-14,18H,6-8,11H2,1-3H3/t12?,13-,14?/m1/s1. The van der Waals surface area contributed by atoms with E-state index in [1.807, 2.05) is 19.1 Å². The van der Waals surface area contributed by atoms with Crippen LogP contribution in [0.4, 0.5) is 5.69 Å². The molecule has 1 aromatic carbocycles. The highest BCUT2D eigenvalue weighted by Gasteiger charge is 2.24. The summed E-state index contributed by atoms with van der Waals surface area (Å²) in [5.41, 5.74) is 2.23. The van der Waals surface area contributed by atoms with Crippen LogP contribution in [0.15, 0.2) is 24.3 Å². The minimum atomic E-state index is -0.398. The van der Waals surface area contributed by atoms with Gasteiger partial charge in [0.1, 0.15) is 0 Å². The Labute approximate surface area is 111 Å². The van der Waals surface area contributed by atoms with Gasteiger partial charge >= 0.3 is 0 Å². The van der Waals surface area contributed by atoms with Crippen LogP contribution in [0.2, 0.25) is 0 Å². The third-order valence-electron chi connectivity index (χ3n) is 4.22. The van der Waals surface area contributed by atoms with E-state index >= 15 is 0 Å². The normalized spacial score (nSPS) is 25.8. The Morgan fingerprint density at radius 3 is 2.67 bits per heavy atom. The van der Waals surface area contributed by atoms with Crippen LogP contribution in [0.1, 0.15) is 51.2 Å². The predicted molar refractivity (Wildman–Crippen MR) is 76.9 cm³/mol. The summed E-state index contributed by atoms with van der Waals surface area (Å²) >= 11 is 0. The first-order valence-corrected chi connectivity index (χ1v) is 7.09. The molecule has 1 N–H and O–H groups in total. The number of para-hydroxylation sites is 1. The van der Waals surface area contributed by atoms with Crippen molar-refractivity contribution in [3.05, 3.63) is 29.8 Å². The first-order chi connectivity index (χ1) is 8.59. The van der Waals surface area contributed by atoms with Crippen LogP contribution >= 0.6 is 0 Å². The molecule has 1 aliphatic rings. The van der Waals surface area contributed by atoms with Crippen LogP contribution in [0.25, 0.3) is 0 Å². The molecule has 2 unspecified atom stereocenters. The number of benzene rings is 1. The SMILES string of the molecule is CC1CCCC(N(C)c2ccccc2[C@@H](C)O)C1. The monoisotopic (exact) mass is 247 g/mol. The number of rotatable bonds is 3. The smallest absolute Gasteiger partial charge is 0.0781 e. The van der Waals surface area contributed by atoms with E-state index in [4.69, 9.17) is 0 Å². The van der Waals surface area contributed by atoms with E-state index in [9.17, 15) is 5.11 Å². The van der Waals surface area contributed by atoms with Crippen molar-refractivity contribution in [3.63, 3.8) is 0 Å². The molecule has 0 radical (unpaired) electrons. The molecule has 0 spiro atoms. The van der Waals surface area contributed by atoms with Gasteiger partial charge in [-0.05, 0) is 31.7 Å². The van der Waals surface area contributed by atoms with Gasteiger partial charge in [-0.3, -0.25) is 0 Å². The molecule has 0 heterocycles. The van der Waals surface area contributed by atoms with Gasteiger partial charge in [0.05, 0.1) is 6.10 Å². The van der Waals surface area contributed by atoms with Crippen LogP contribution in [-0.4, -0.2) is 18.2 Å². The molecule has 1 aliphatic carbocycles. The quantitative estimate of drug-likeness (QED) is 0.879. The Kier molecular flexibility index (Phi) is 4.28. The molecular formula is C16H25NO. The van der Waals surface area contributed by atoms with Gasteiger partial charge in [-0.15, -0.1) is 0 Å². The zero-order chi connectivity index (χ0) is 13.1. The molecule has 2 heteroatoms. The Balaban J connectivity index is 2.19. The molecular weight excluding hydrogens is 222 g/mol. The van der Waals surface area contributed by atoms with Crippen molar-refractivity contribution in [3.8, 4) is 0 Å². The number of nitrogens with zero attached hydrogens (tertiary/aromatic N) is 1. The summed E-state index contributed by atoms with van der Waals surface area (Å²) in [4.78, 5) is 2.37. The van der Waals surface area contributed by atoms with Crippen molar-refractivity contribution in [1.29, 1.82) is 0 Å². The van der Waals surface area contributed by atoms with Gasteiger partial charge in [0, 0.05) is 24.3 Å². The Morgan fingerprint density at radius 2 is 2.00 bits per heavy atom. The first kappa shape index (κ1) is 13.4. The highest BCUT2D eigenvalue weighted by molar-refractivity contribution is 5.54. The van der Waals surface area contributed by atoms with E-state index in [2.05, 4.69) is 31.0 Å². The molecule has 1 saturated carbocycles. The van der Waals surface area contributed by atoms with Crippen molar-refractivity contribution >= 4 is 5.69 Å². The van der Waals surface area contributed by atoms with E-state index in [0.717, 1.165) is 11.5 Å². The second-order valence-corrected chi connectivity index (χ2v) is 5.77. The number of aliphatic hydroxyl groups is 1. The molecule has 1 aromatic rings. The average molecular weight is 247 g/mol. The molecule has 0 aliphatic heterocycles. The topological polar surface area (TPSA) is 23.5 Å². The Hall–Kier alpha value is -1.02. The summed E-state index contributed by atoms with van der Waals surface area (Å²) in [5, 5.41) is 9.88. The zero-order valence-corrected chi connectivity index (χ0v) is 11.8. The Bertz CT molecular complexity index is 388. The molecule has 2 nitrogen and oxygen atoms in total. The summed E-state index contributed by atoms with van der Waals surface area (Å²) < 4.78 is 0. The number of hydrogen-bond acceptors (Lipinski definition) is 2. The first-order valence-electron chi connectivity index (χ1n) is 7.09. The number of aliphatic hydroxyl groups excluding tert-OH is 1. The van der Waals surface area contributed by atoms with Gasteiger partial charge in [0.25, 0.3) is 0 Å². The van der Waals surface area contributed by atoms with Gasteiger partial charge in [-0.2, -0.15) is 0 Å². The molecule has 0 bridgehead atoms.